The molecule has 0 aromatic heterocycles. The molecule has 0 saturated heterocycles. The zero-order chi connectivity index (χ0) is 11.3. The van der Waals surface area contributed by atoms with Crippen molar-refractivity contribution in [2.75, 3.05) is 7.05 Å². The minimum absolute atomic E-state index is 0.0670. The second kappa shape index (κ2) is 5.54. The van der Waals surface area contributed by atoms with Crippen molar-refractivity contribution in [3.8, 4) is 0 Å². The maximum atomic E-state index is 11.6. The van der Waals surface area contributed by atoms with Crippen molar-refractivity contribution in [1.29, 1.82) is 0 Å². The van der Waals surface area contributed by atoms with Crippen LogP contribution in [0.1, 0.15) is 19.4 Å². The lowest BCUT2D eigenvalue weighted by Crippen LogP contribution is -2.32. The maximum absolute atomic E-state index is 11.6. The lowest BCUT2D eigenvalue weighted by atomic mass is 9.88. The van der Waals surface area contributed by atoms with Gasteiger partial charge in [0.1, 0.15) is 0 Å². The minimum atomic E-state index is 0.0670. The number of rotatable bonds is 4. The predicted molar refractivity (Wildman–Crippen MR) is 62.5 cm³/mol. The van der Waals surface area contributed by atoms with Crippen molar-refractivity contribution < 1.29 is 4.79 Å². The Kier molecular flexibility index (Phi) is 4.35. The molecular weight excluding hydrogens is 186 g/mol. The van der Waals surface area contributed by atoms with Crippen LogP contribution < -0.4 is 5.32 Å². The molecule has 0 heterocycles. The molecule has 1 aromatic rings. The second-order valence-electron chi connectivity index (χ2n) is 4.15. The normalized spacial score (nSPS) is 12.5. The first kappa shape index (κ1) is 11.8. The third-order valence-corrected chi connectivity index (χ3v) is 2.69. The van der Waals surface area contributed by atoms with Crippen LogP contribution in [0.3, 0.4) is 0 Å². The highest BCUT2D eigenvalue weighted by Gasteiger charge is 2.20. The quantitative estimate of drug-likeness (QED) is 0.802. The highest BCUT2D eigenvalue weighted by Crippen LogP contribution is 2.17. The number of hydrogen-bond acceptors (Lipinski definition) is 1. The topological polar surface area (TPSA) is 29.1 Å². The molecule has 1 atom stereocenters. The molecule has 1 unspecified atom stereocenters. The molecule has 0 saturated carbocycles. The predicted octanol–water partition coefficient (Wildman–Crippen LogP) is 2.25. The number of benzene rings is 1. The number of nitrogens with one attached hydrogen (secondary N) is 1. The Balaban J connectivity index is 2.72. The van der Waals surface area contributed by atoms with Gasteiger partial charge < -0.3 is 5.32 Å². The number of amides is 1. The summed E-state index contributed by atoms with van der Waals surface area (Å²) in [5, 5.41) is 2.73. The molecule has 82 valence electrons. The van der Waals surface area contributed by atoms with Crippen LogP contribution in [-0.2, 0) is 11.2 Å². The minimum Gasteiger partial charge on any atom is -0.359 e. The first-order valence-corrected chi connectivity index (χ1v) is 5.40. The van der Waals surface area contributed by atoms with Gasteiger partial charge in [-0.05, 0) is 17.9 Å². The Morgan fingerprint density at radius 3 is 2.33 bits per heavy atom. The lowest BCUT2D eigenvalue weighted by Gasteiger charge is -2.19. The van der Waals surface area contributed by atoms with E-state index in [1.165, 1.54) is 5.56 Å². The lowest BCUT2D eigenvalue weighted by molar-refractivity contribution is -0.125. The Morgan fingerprint density at radius 2 is 1.87 bits per heavy atom. The van der Waals surface area contributed by atoms with Gasteiger partial charge in [-0.1, -0.05) is 44.2 Å². The van der Waals surface area contributed by atoms with Gasteiger partial charge in [-0.15, -0.1) is 0 Å². The maximum Gasteiger partial charge on any atom is 0.223 e. The van der Waals surface area contributed by atoms with E-state index in [0.29, 0.717) is 5.92 Å². The van der Waals surface area contributed by atoms with Crippen LogP contribution in [0.15, 0.2) is 30.3 Å². The Morgan fingerprint density at radius 1 is 1.27 bits per heavy atom. The van der Waals surface area contributed by atoms with E-state index in [1.807, 2.05) is 18.2 Å². The number of carbonyl (C=O) groups is 1. The van der Waals surface area contributed by atoms with Gasteiger partial charge in [-0.3, -0.25) is 4.79 Å². The fraction of sp³-hybridized carbons (Fsp3) is 0.462. The van der Waals surface area contributed by atoms with Crippen LogP contribution in [0, 0.1) is 11.8 Å². The summed E-state index contributed by atoms with van der Waals surface area (Å²) in [6.07, 6.45) is 0.818. The molecule has 1 aromatic carbocycles. The summed E-state index contributed by atoms with van der Waals surface area (Å²) >= 11 is 0. The van der Waals surface area contributed by atoms with Crippen molar-refractivity contribution in [3.63, 3.8) is 0 Å². The Bertz CT molecular complexity index is 306. The van der Waals surface area contributed by atoms with Crippen molar-refractivity contribution >= 4 is 5.91 Å². The van der Waals surface area contributed by atoms with Gasteiger partial charge in [-0.2, -0.15) is 0 Å². The van der Waals surface area contributed by atoms with Crippen molar-refractivity contribution in [3.05, 3.63) is 35.9 Å². The fourth-order valence-electron chi connectivity index (χ4n) is 1.68. The summed E-state index contributed by atoms with van der Waals surface area (Å²) in [6, 6.07) is 10.2. The smallest absolute Gasteiger partial charge is 0.223 e. The van der Waals surface area contributed by atoms with E-state index in [2.05, 4.69) is 31.3 Å². The molecule has 2 nitrogen and oxygen atoms in total. The molecule has 0 radical (unpaired) electrons. The van der Waals surface area contributed by atoms with E-state index in [4.69, 9.17) is 0 Å². The third kappa shape index (κ3) is 3.39. The first-order chi connectivity index (χ1) is 7.15. The summed E-state index contributed by atoms with van der Waals surface area (Å²) < 4.78 is 0. The highest BCUT2D eigenvalue weighted by molar-refractivity contribution is 5.78. The average Bonchev–Trinajstić information content (AvgIpc) is 2.26. The zero-order valence-electron chi connectivity index (χ0n) is 9.66. The summed E-state index contributed by atoms with van der Waals surface area (Å²) in [7, 11) is 1.70. The van der Waals surface area contributed by atoms with Gasteiger partial charge in [0.15, 0.2) is 0 Å². The Labute approximate surface area is 91.7 Å². The monoisotopic (exact) mass is 205 g/mol. The van der Waals surface area contributed by atoms with Crippen LogP contribution in [0.4, 0.5) is 0 Å². The summed E-state index contributed by atoms with van der Waals surface area (Å²) in [5.74, 6) is 0.566. The van der Waals surface area contributed by atoms with Crippen LogP contribution in [0.2, 0.25) is 0 Å². The number of carbonyl (C=O) groups excluding carboxylic acids is 1. The molecule has 0 fully saturated rings. The van der Waals surface area contributed by atoms with Crippen molar-refractivity contribution in [2.24, 2.45) is 11.8 Å². The summed E-state index contributed by atoms with van der Waals surface area (Å²) in [5.41, 5.74) is 1.22. The molecule has 0 bridgehead atoms. The van der Waals surface area contributed by atoms with E-state index in [-0.39, 0.29) is 11.8 Å². The zero-order valence-corrected chi connectivity index (χ0v) is 9.66. The largest absolute Gasteiger partial charge is 0.359 e. The van der Waals surface area contributed by atoms with Crippen LogP contribution >= 0.6 is 0 Å². The molecule has 15 heavy (non-hydrogen) atoms. The van der Waals surface area contributed by atoms with E-state index in [1.54, 1.807) is 7.05 Å². The standard InChI is InChI=1S/C13H19NO/c1-10(2)12(13(15)14-3)9-11-7-5-4-6-8-11/h4-8,10,12H,9H2,1-3H3,(H,14,15). The fourth-order valence-corrected chi connectivity index (χ4v) is 1.68. The molecule has 0 aliphatic rings. The third-order valence-electron chi connectivity index (χ3n) is 2.69. The van der Waals surface area contributed by atoms with Gasteiger partial charge in [0.25, 0.3) is 0 Å². The molecule has 2 heteroatoms. The van der Waals surface area contributed by atoms with E-state index < -0.39 is 0 Å². The second-order valence-corrected chi connectivity index (χ2v) is 4.15. The SMILES string of the molecule is CNC(=O)C(Cc1ccccc1)C(C)C. The van der Waals surface area contributed by atoms with Gasteiger partial charge in [0.05, 0.1) is 0 Å². The van der Waals surface area contributed by atoms with Gasteiger partial charge >= 0.3 is 0 Å². The van der Waals surface area contributed by atoms with E-state index in [0.717, 1.165) is 6.42 Å². The average molecular weight is 205 g/mol. The van der Waals surface area contributed by atoms with Crippen molar-refractivity contribution in [2.45, 2.75) is 20.3 Å². The molecule has 1 N–H and O–H groups in total. The molecule has 1 amide bonds. The molecule has 0 aliphatic heterocycles. The number of hydrogen-bond donors (Lipinski definition) is 1. The molecular formula is C13H19NO. The highest BCUT2D eigenvalue weighted by atomic mass is 16.1. The van der Waals surface area contributed by atoms with Gasteiger partial charge in [-0.25, -0.2) is 0 Å². The van der Waals surface area contributed by atoms with Crippen LogP contribution in [0.5, 0.6) is 0 Å². The van der Waals surface area contributed by atoms with Gasteiger partial charge in [0.2, 0.25) is 5.91 Å². The van der Waals surface area contributed by atoms with Gasteiger partial charge in [0, 0.05) is 13.0 Å². The Hall–Kier alpha value is -1.31. The molecule has 0 spiro atoms. The molecule has 1 rings (SSSR count). The molecule has 0 aliphatic carbocycles. The van der Waals surface area contributed by atoms with Crippen molar-refractivity contribution in [1.82, 2.24) is 5.32 Å². The van der Waals surface area contributed by atoms with Crippen LogP contribution in [-0.4, -0.2) is 13.0 Å². The van der Waals surface area contributed by atoms with E-state index in [9.17, 15) is 4.79 Å². The van der Waals surface area contributed by atoms with E-state index >= 15 is 0 Å². The van der Waals surface area contributed by atoms with Crippen LogP contribution in [0.25, 0.3) is 0 Å². The summed E-state index contributed by atoms with van der Waals surface area (Å²) in [6.45, 7) is 4.17. The first-order valence-electron chi connectivity index (χ1n) is 5.40. The summed E-state index contributed by atoms with van der Waals surface area (Å²) in [4.78, 5) is 11.6.